The van der Waals surface area contributed by atoms with E-state index in [-0.39, 0.29) is 18.4 Å². The fraction of sp³-hybridized carbons (Fsp3) is 0.438. The van der Waals surface area contributed by atoms with Gasteiger partial charge in [-0.2, -0.15) is 0 Å². The lowest BCUT2D eigenvalue weighted by molar-refractivity contribution is -0.116. The summed E-state index contributed by atoms with van der Waals surface area (Å²) in [5.74, 6) is -0.290. The van der Waals surface area contributed by atoms with E-state index in [0.717, 1.165) is 24.1 Å². The molecular weight excluding hydrogens is 330 g/mol. The summed E-state index contributed by atoms with van der Waals surface area (Å²) in [5, 5.41) is 5.21. The van der Waals surface area contributed by atoms with E-state index in [1.165, 1.54) is 22.7 Å². The van der Waals surface area contributed by atoms with E-state index < -0.39 is 0 Å². The van der Waals surface area contributed by atoms with Crippen LogP contribution in [-0.2, 0) is 4.79 Å². The fourth-order valence-corrected chi connectivity index (χ4v) is 3.48. The van der Waals surface area contributed by atoms with E-state index in [1.54, 1.807) is 17.2 Å². The van der Waals surface area contributed by atoms with Crippen molar-refractivity contribution in [2.24, 2.45) is 0 Å². The molecule has 124 valence electrons. The maximum absolute atomic E-state index is 12.5. The van der Waals surface area contributed by atoms with Crippen molar-refractivity contribution in [1.82, 2.24) is 9.88 Å². The molecule has 7 heteroatoms. The van der Waals surface area contributed by atoms with E-state index >= 15 is 0 Å². The highest BCUT2D eigenvalue weighted by Gasteiger charge is 2.19. The summed E-state index contributed by atoms with van der Waals surface area (Å²) in [6.07, 6.45) is 4.74. The molecule has 0 unspecified atom stereocenters. The Morgan fingerprint density at radius 3 is 2.78 bits per heavy atom. The quantitative estimate of drug-likeness (QED) is 0.736. The maximum atomic E-state index is 12.5. The van der Waals surface area contributed by atoms with Crippen LogP contribution in [0.1, 0.15) is 40.7 Å². The van der Waals surface area contributed by atoms with Gasteiger partial charge in [-0.25, -0.2) is 4.98 Å². The predicted octanol–water partition coefficient (Wildman–Crippen LogP) is 3.78. The summed E-state index contributed by atoms with van der Waals surface area (Å²) in [6, 6.07) is 3.64. The van der Waals surface area contributed by atoms with Crippen LogP contribution >= 0.6 is 22.7 Å². The van der Waals surface area contributed by atoms with Gasteiger partial charge in [-0.3, -0.25) is 9.59 Å². The third-order valence-corrected chi connectivity index (χ3v) is 4.94. The number of hydrogen-bond donors (Lipinski definition) is 1. The van der Waals surface area contributed by atoms with Crippen molar-refractivity contribution in [3.8, 4) is 0 Å². The number of thiophene rings is 1. The Hall–Kier alpha value is -1.73. The van der Waals surface area contributed by atoms with Gasteiger partial charge in [0.05, 0.1) is 4.88 Å². The molecule has 2 aromatic rings. The van der Waals surface area contributed by atoms with Gasteiger partial charge in [0.2, 0.25) is 5.91 Å². The maximum Gasteiger partial charge on any atom is 0.264 e. The normalized spacial score (nSPS) is 10.5. The largest absolute Gasteiger partial charge is 0.329 e. The van der Waals surface area contributed by atoms with Crippen molar-refractivity contribution in [3.63, 3.8) is 0 Å². The SMILES string of the molecule is CCCCCN(CC(=O)Nc1ncc(C)s1)C(=O)c1cccs1. The molecule has 0 aliphatic carbocycles. The number of aromatic nitrogens is 1. The van der Waals surface area contributed by atoms with Crippen molar-refractivity contribution in [2.75, 3.05) is 18.4 Å². The van der Waals surface area contributed by atoms with Crippen LogP contribution in [0.15, 0.2) is 23.7 Å². The zero-order chi connectivity index (χ0) is 16.7. The van der Waals surface area contributed by atoms with Gasteiger partial charge in [0.25, 0.3) is 5.91 Å². The standard InChI is InChI=1S/C16H21N3O2S2/c1-3-4-5-8-19(15(21)13-7-6-9-22-13)11-14(20)18-16-17-10-12(2)23-16/h6-7,9-10H,3-5,8,11H2,1-2H3,(H,17,18,20). The fourth-order valence-electron chi connectivity index (χ4n) is 2.11. The third kappa shape index (κ3) is 5.44. The van der Waals surface area contributed by atoms with Crippen molar-refractivity contribution in [3.05, 3.63) is 33.5 Å². The second-order valence-corrected chi connectivity index (χ2v) is 7.42. The predicted molar refractivity (Wildman–Crippen MR) is 95.2 cm³/mol. The lowest BCUT2D eigenvalue weighted by Gasteiger charge is -2.21. The number of nitrogens with zero attached hydrogens (tertiary/aromatic N) is 2. The molecule has 2 heterocycles. The summed E-state index contributed by atoms with van der Waals surface area (Å²) in [7, 11) is 0. The first kappa shape index (κ1) is 17.6. The van der Waals surface area contributed by atoms with E-state index in [9.17, 15) is 9.59 Å². The van der Waals surface area contributed by atoms with Gasteiger partial charge in [-0.1, -0.05) is 25.8 Å². The first-order valence-electron chi connectivity index (χ1n) is 7.65. The lowest BCUT2D eigenvalue weighted by atomic mass is 10.2. The Morgan fingerprint density at radius 2 is 2.17 bits per heavy atom. The van der Waals surface area contributed by atoms with Gasteiger partial charge in [-0.05, 0) is 24.8 Å². The molecule has 23 heavy (non-hydrogen) atoms. The molecule has 0 saturated carbocycles. The highest BCUT2D eigenvalue weighted by Crippen LogP contribution is 2.17. The van der Waals surface area contributed by atoms with Crippen molar-refractivity contribution < 1.29 is 9.59 Å². The Kier molecular flexibility index (Phi) is 6.73. The summed E-state index contributed by atoms with van der Waals surface area (Å²) in [6.45, 7) is 4.70. The molecule has 0 saturated heterocycles. The Bertz CT molecular complexity index is 638. The van der Waals surface area contributed by atoms with Crippen LogP contribution in [0.2, 0.25) is 0 Å². The molecule has 2 rings (SSSR count). The highest BCUT2D eigenvalue weighted by atomic mass is 32.1. The van der Waals surface area contributed by atoms with Gasteiger partial charge in [-0.15, -0.1) is 22.7 Å². The molecule has 0 atom stereocenters. The molecule has 0 spiro atoms. The average Bonchev–Trinajstić information content (AvgIpc) is 3.17. The number of unbranched alkanes of at least 4 members (excludes halogenated alkanes) is 2. The first-order valence-corrected chi connectivity index (χ1v) is 9.35. The van der Waals surface area contributed by atoms with Crippen molar-refractivity contribution in [2.45, 2.75) is 33.1 Å². The van der Waals surface area contributed by atoms with E-state index in [2.05, 4.69) is 17.2 Å². The number of anilines is 1. The molecule has 1 N–H and O–H groups in total. The number of amides is 2. The van der Waals surface area contributed by atoms with Crippen molar-refractivity contribution >= 4 is 39.6 Å². The second kappa shape index (κ2) is 8.79. The third-order valence-electron chi connectivity index (χ3n) is 3.25. The first-order chi connectivity index (χ1) is 11.1. The smallest absolute Gasteiger partial charge is 0.264 e. The summed E-state index contributed by atoms with van der Waals surface area (Å²) in [4.78, 5) is 32.2. The van der Waals surface area contributed by atoms with Crippen LogP contribution in [0, 0.1) is 6.92 Å². The minimum absolute atomic E-state index is 0.0546. The van der Waals surface area contributed by atoms with Crippen molar-refractivity contribution in [1.29, 1.82) is 0 Å². The van der Waals surface area contributed by atoms with Crippen LogP contribution in [0.25, 0.3) is 0 Å². The Labute approximate surface area is 144 Å². The number of nitrogens with one attached hydrogen (secondary N) is 1. The second-order valence-electron chi connectivity index (χ2n) is 5.24. The van der Waals surface area contributed by atoms with E-state index in [4.69, 9.17) is 0 Å². The molecule has 2 aromatic heterocycles. The molecule has 5 nitrogen and oxygen atoms in total. The highest BCUT2D eigenvalue weighted by molar-refractivity contribution is 7.15. The number of carbonyl (C=O) groups is 2. The van der Waals surface area contributed by atoms with Crippen LogP contribution in [-0.4, -0.2) is 34.8 Å². The van der Waals surface area contributed by atoms with Gasteiger partial charge in [0.15, 0.2) is 5.13 Å². The molecule has 0 aliphatic rings. The zero-order valence-electron chi connectivity index (χ0n) is 13.4. The molecule has 0 aromatic carbocycles. The van der Waals surface area contributed by atoms with E-state index in [0.29, 0.717) is 16.6 Å². The van der Waals surface area contributed by atoms with Gasteiger partial charge >= 0.3 is 0 Å². The molecule has 0 bridgehead atoms. The Balaban J connectivity index is 1.98. The molecular formula is C16H21N3O2S2. The zero-order valence-corrected chi connectivity index (χ0v) is 15.0. The van der Waals surface area contributed by atoms with Crippen LogP contribution < -0.4 is 5.32 Å². The van der Waals surface area contributed by atoms with Crippen LogP contribution in [0.4, 0.5) is 5.13 Å². The minimum atomic E-state index is -0.208. The minimum Gasteiger partial charge on any atom is -0.329 e. The number of carbonyl (C=O) groups excluding carboxylic acids is 2. The van der Waals surface area contributed by atoms with E-state index in [1.807, 2.05) is 18.4 Å². The van der Waals surface area contributed by atoms with Crippen LogP contribution in [0.3, 0.4) is 0 Å². The topological polar surface area (TPSA) is 62.3 Å². The molecule has 0 radical (unpaired) electrons. The summed E-state index contributed by atoms with van der Waals surface area (Å²) in [5.41, 5.74) is 0. The van der Waals surface area contributed by atoms with Gasteiger partial charge < -0.3 is 10.2 Å². The monoisotopic (exact) mass is 351 g/mol. The van der Waals surface area contributed by atoms with Gasteiger partial charge in [0.1, 0.15) is 6.54 Å². The number of hydrogen-bond acceptors (Lipinski definition) is 5. The molecule has 2 amide bonds. The number of thiazole rings is 1. The molecule has 0 fully saturated rings. The molecule has 0 aliphatic heterocycles. The number of aryl methyl sites for hydroxylation is 1. The lowest BCUT2D eigenvalue weighted by Crippen LogP contribution is -2.38. The summed E-state index contributed by atoms with van der Waals surface area (Å²) < 4.78 is 0. The average molecular weight is 351 g/mol. The Morgan fingerprint density at radius 1 is 1.35 bits per heavy atom. The number of rotatable bonds is 8. The van der Waals surface area contributed by atoms with Gasteiger partial charge in [0, 0.05) is 17.6 Å². The van der Waals surface area contributed by atoms with Crippen LogP contribution in [0.5, 0.6) is 0 Å². The summed E-state index contributed by atoms with van der Waals surface area (Å²) >= 11 is 2.83.